The molecule has 0 amide bonds. The fourth-order valence-electron chi connectivity index (χ4n) is 2.51. The van der Waals surface area contributed by atoms with Gasteiger partial charge in [-0.3, -0.25) is 0 Å². The van der Waals surface area contributed by atoms with Crippen molar-refractivity contribution in [1.82, 2.24) is 0 Å². The Morgan fingerprint density at radius 3 is 2.80 bits per heavy atom. The molecule has 2 rings (SSSR count). The van der Waals surface area contributed by atoms with Crippen LogP contribution in [0.25, 0.3) is 0 Å². The lowest BCUT2D eigenvalue weighted by Gasteiger charge is -2.20. The lowest BCUT2D eigenvalue weighted by Crippen LogP contribution is -2.11. The van der Waals surface area contributed by atoms with Crippen LogP contribution in [0.1, 0.15) is 32.6 Å². The third-order valence-corrected chi connectivity index (χ3v) is 3.19. The standard InChI is InChI=1S/C9H12O/c1-9-3-2-7(5-9)4-8(9)6-10/h7H,2-5H2,1H3. The number of hydrogen-bond acceptors (Lipinski definition) is 1. The largest absolute Gasteiger partial charge is 0.234 e. The summed E-state index contributed by atoms with van der Waals surface area (Å²) in [5, 5.41) is 0. The van der Waals surface area contributed by atoms with Crippen molar-refractivity contribution in [2.75, 3.05) is 0 Å². The molecule has 0 radical (unpaired) electrons. The van der Waals surface area contributed by atoms with Crippen molar-refractivity contribution < 1.29 is 4.79 Å². The van der Waals surface area contributed by atoms with Crippen molar-refractivity contribution in [2.24, 2.45) is 11.3 Å². The number of allylic oxidation sites excluding steroid dienone is 1. The highest BCUT2D eigenvalue weighted by Gasteiger charge is 2.45. The highest BCUT2D eigenvalue weighted by molar-refractivity contribution is 5.57. The minimum atomic E-state index is 0.270. The predicted molar refractivity (Wildman–Crippen MR) is 39.3 cm³/mol. The van der Waals surface area contributed by atoms with Gasteiger partial charge in [0.2, 0.25) is 0 Å². The zero-order valence-electron chi connectivity index (χ0n) is 6.31. The summed E-state index contributed by atoms with van der Waals surface area (Å²) in [6.45, 7) is 2.21. The molecule has 2 unspecified atom stereocenters. The van der Waals surface area contributed by atoms with E-state index < -0.39 is 0 Å². The fraction of sp³-hybridized carbons (Fsp3) is 0.778. The number of hydrogen-bond donors (Lipinski definition) is 0. The molecule has 54 valence electrons. The van der Waals surface area contributed by atoms with E-state index in [1.54, 1.807) is 0 Å². The van der Waals surface area contributed by atoms with Crippen molar-refractivity contribution in [3.8, 4) is 0 Å². The summed E-state index contributed by atoms with van der Waals surface area (Å²) in [4.78, 5) is 10.4. The summed E-state index contributed by atoms with van der Waals surface area (Å²) < 4.78 is 0. The molecular formula is C9H12O. The van der Waals surface area contributed by atoms with Crippen LogP contribution in [0.3, 0.4) is 0 Å². The molecule has 0 aromatic rings. The second-order valence-corrected chi connectivity index (χ2v) is 3.95. The Bertz CT molecular complexity index is 213. The summed E-state index contributed by atoms with van der Waals surface area (Å²) >= 11 is 0. The van der Waals surface area contributed by atoms with Crippen LogP contribution in [0.2, 0.25) is 0 Å². The van der Waals surface area contributed by atoms with Crippen LogP contribution in [0, 0.1) is 11.3 Å². The Morgan fingerprint density at radius 1 is 1.70 bits per heavy atom. The molecule has 0 heterocycles. The summed E-state index contributed by atoms with van der Waals surface area (Å²) in [6, 6.07) is 0. The number of rotatable bonds is 0. The minimum Gasteiger partial charge on any atom is -0.234 e. The molecule has 2 bridgehead atoms. The van der Waals surface area contributed by atoms with E-state index in [1.807, 2.05) is 0 Å². The summed E-state index contributed by atoms with van der Waals surface area (Å²) in [5.74, 6) is 2.92. The number of fused-ring (bicyclic) bond motifs is 2. The molecule has 2 atom stereocenters. The normalized spacial score (nSPS) is 44.1. The summed E-state index contributed by atoms with van der Waals surface area (Å²) in [7, 11) is 0. The predicted octanol–water partition coefficient (Wildman–Crippen LogP) is 1.95. The maximum absolute atomic E-state index is 10.4. The van der Waals surface area contributed by atoms with Gasteiger partial charge < -0.3 is 0 Å². The molecule has 1 heteroatoms. The second kappa shape index (κ2) is 1.73. The molecule has 2 aliphatic rings. The van der Waals surface area contributed by atoms with Gasteiger partial charge in [0.15, 0.2) is 0 Å². The van der Waals surface area contributed by atoms with Gasteiger partial charge in [-0.25, -0.2) is 4.79 Å². The van der Waals surface area contributed by atoms with E-state index in [0.717, 1.165) is 17.9 Å². The van der Waals surface area contributed by atoms with E-state index in [4.69, 9.17) is 0 Å². The van der Waals surface area contributed by atoms with Gasteiger partial charge in [-0.15, -0.1) is 0 Å². The van der Waals surface area contributed by atoms with Gasteiger partial charge in [-0.05, 0) is 37.0 Å². The van der Waals surface area contributed by atoms with Crippen molar-refractivity contribution in [3.05, 3.63) is 5.57 Å². The van der Waals surface area contributed by atoms with Crippen LogP contribution in [-0.4, -0.2) is 5.94 Å². The van der Waals surface area contributed by atoms with Gasteiger partial charge >= 0.3 is 0 Å². The zero-order chi connectivity index (χ0) is 7.19. The Balaban J connectivity index is 2.39. The Morgan fingerprint density at radius 2 is 2.50 bits per heavy atom. The van der Waals surface area contributed by atoms with E-state index in [-0.39, 0.29) is 5.41 Å². The van der Waals surface area contributed by atoms with Crippen LogP contribution >= 0.6 is 0 Å². The lowest BCUT2D eigenvalue weighted by atomic mass is 9.83. The Hall–Kier alpha value is -0.550. The maximum atomic E-state index is 10.4. The van der Waals surface area contributed by atoms with Crippen molar-refractivity contribution >= 4 is 5.94 Å². The topological polar surface area (TPSA) is 17.1 Å². The van der Waals surface area contributed by atoms with Gasteiger partial charge in [0.05, 0.1) is 0 Å². The first-order valence-electron chi connectivity index (χ1n) is 3.99. The molecule has 0 N–H and O–H groups in total. The van der Waals surface area contributed by atoms with E-state index in [2.05, 4.69) is 12.9 Å². The first-order chi connectivity index (χ1) is 4.74. The molecular weight excluding hydrogens is 124 g/mol. The van der Waals surface area contributed by atoms with Crippen LogP contribution in [0.15, 0.2) is 5.57 Å². The van der Waals surface area contributed by atoms with Crippen molar-refractivity contribution in [2.45, 2.75) is 32.6 Å². The van der Waals surface area contributed by atoms with Gasteiger partial charge in [0.1, 0.15) is 5.94 Å². The van der Waals surface area contributed by atoms with Gasteiger partial charge in [0, 0.05) is 5.57 Å². The number of carbonyl (C=O) groups excluding carboxylic acids is 1. The van der Waals surface area contributed by atoms with Crippen LogP contribution in [-0.2, 0) is 4.79 Å². The highest BCUT2D eigenvalue weighted by atomic mass is 16.1. The van der Waals surface area contributed by atoms with E-state index in [9.17, 15) is 4.79 Å². The smallest absolute Gasteiger partial charge is 0.124 e. The third-order valence-electron chi connectivity index (χ3n) is 3.19. The molecule has 2 saturated carbocycles. The average molecular weight is 136 g/mol. The molecule has 10 heavy (non-hydrogen) atoms. The van der Waals surface area contributed by atoms with E-state index >= 15 is 0 Å². The van der Waals surface area contributed by atoms with Crippen LogP contribution in [0.5, 0.6) is 0 Å². The quantitative estimate of drug-likeness (QED) is 0.465. The molecule has 0 aromatic heterocycles. The monoisotopic (exact) mass is 136 g/mol. The van der Waals surface area contributed by atoms with Crippen molar-refractivity contribution in [3.63, 3.8) is 0 Å². The SMILES string of the molecule is CC12CCC(CC1=C=O)C2. The summed E-state index contributed by atoms with van der Waals surface area (Å²) in [5.41, 5.74) is 1.33. The zero-order valence-corrected chi connectivity index (χ0v) is 6.31. The molecule has 0 aromatic carbocycles. The Labute approximate surface area is 61.1 Å². The van der Waals surface area contributed by atoms with E-state index in [0.29, 0.717) is 0 Å². The highest BCUT2D eigenvalue weighted by Crippen LogP contribution is 2.55. The van der Waals surface area contributed by atoms with Gasteiger partial charge in [0.25, 0.3) is 0 Å². The van der Waals surface area contributed by atoms with Crippen molar-refractivity contribution in [1.29, 1.82) is 0 Å². The molecule has 0 saturated heterocycles. The molecule has 2 fully saturated rings. The first-order valence-corrected chi connectivity index (χ1v) is 3.99. The Kier molecular flexibility index (Phi) is 1.07. The lowest BCUT2D eigenvalue weighted by molar-refractivity contribution is 0.428. The third kappa shape index (κ3) is 0.615. The van der Waals surface area contributed by atoms with Gasteiger partial charge in [-0.2, -0.15) is 0 Å². The average Bonchev–Trinajstić information content (AvgIpc) is 2.41. The van der Waals surface area contributed by atoms with Crippen LogP contribution in [0.4, 0.5) is 0 Å². The molecule has 1 nitrogen and oxygen atoms in total. The molecule has 0 aliphatic heterocycles. The minimum absolute atomic E-state index is 0.270. The van der Waals surface area contributed by atoms with E-state index in [1.165, 1.54) is 19.3 Å². The molecule has 2 aliphatic carbocycles. The fourth-order valence-corrected chi connectivity index (χ4v) is 2.51. The second-order valence-electron chi connectivity index (χ2n) is 3.95. The maximum Gasteiger partial charge on any atom is 0.124 e. The molecule has 0 spiro atoms. The van der Waals surface area contributed by atoms with Crippen LogP contribution < -0.4 is 0 Å². The summed E-state index contributed by atoms with van der Waals surface area (Å²) in [6.07, 6.45) is 4.85. The first kappa shape index (κ1) is 6.18. The van der Waals surface area contributed by atoms with Gasteiger partial charge in [-0.1, -0.05) is 6.92 Å².